The number of esters is 2. The lowest BCUT2D eigenvalue weighted by Gasteiger charge is -2.19. The number of rotatable bonds is 33. The smallest absolute Gasteiger partial charge is 0.462 e. The van der Waals surface area contributed by atoms with E-state index in [1.54, 1.807) is 0 Å². The van der Waals surface area contributed by atoms with Crippen LogP contribution in [0.4, 0.5) is 0 Å². The first kappa shape index (κ1) is 43.5. The van der Waals surface area contributed by atoms with Crippen LogP contribution in [-0.2, 0) is 32.7 Å². The fraction of sp³-hybridized carbons (Fsp3) is 0.829. The number of nitrogens with two attached hydrogens (primary N) is 1. The average molecular weight is 660 g/mol. The fourth-order valence-electron chi connectivity index (χ4n) is 4.61. The molecule has 0 saturated carbocycles. The van der Waals surface area contributed by atoms with E-state index in [1.165, 1.54) is 44.9 Å². The van der Waals surface area contributed by atoms with E-state index in [1.807, 2.05) is 0 Å². The van der Waals surface area contributed by atoms with E-state index in [2.05, 4.69) is 38.2 Å². The van der Waals surface area contributed by atoms with E-state index in [0.717, 1.165) is 77.0 Å². The molecule has 0 aliphatic carbocycles. The van der Waals surface area contributed by atoms with Gasteiger partial charge in [0.1, 0.15) is 6.61 Å². The molecule has 0 spiro atoms. The summed E-state index contributed by atoms with van der Waals surface area (Å²) in [6, 6.07) is 0. The summed E-state index contributed by atoms with van der Waals surface area (Å²) < 4.78 is 32.5. The second-order valence-electron chi connectivity index (χ2n) is 11.7. The third kappa shape index (κ3) is 32.2. The van der Waals surface area contributed by atoms with Gasteiger partial charge in [-0.1, -0.05) is 109 Å². The highest BCUT2D eigenvalue weighted by Crippen LogP contribution is 2.43. The molecular formula is C35H66NO8P. The summed E-state index contributed by atoms with van der Waals surface area (Å²) in [5.41, 5.74) is 5.32. The van der Waals surface area contributed by atoms with Crippen molar-refractivity contribution in [1.29, 1.82) is 0 Å². The predicted molar refractivity (Wildman–Crippen MR) is 183 cm³/mol. The molecule has 0 radical (unpaired) electrons. The average Bonchev–Trinajstić information content (AvgIpc) is 3.02. The minimum absolute atomic E-state index is 0.0514. The Kier molecular flexibility index (Phi) is 31.3. The van der Waals surface area contributed by atoms with Gasteiger partial charge in [-0.05, 0) is 57.8 Å². The van der Waals surface area contributed by atoms with Gasteiger partial charge in [0.15, 0.2) is 6.10 Å². The normalized spacial score (nSPS) is 13.8. The molecule has 0 fully saturated rings. The molecule has 0 saturated heterocycles. The Bertz CT molecular complexity index is 805. The molecule has 0 amide bonds. The van der Waals surface area contributed by atoms with Crippen molar-refractivity contribution in [2.24, 2.45) is 5.73 Å². The number of unbranched alkanes of at least 4 members (excludes halogenated alkanes) is 16. The Morgan fingerprint density at radius 2 is 1.11 bits per heavy atom. The van der Waals surface area contributed by atoms with Crippen molar-refractivity contribution in [2.75, 3.05) is 26.4 Å². The molecule has 1 unspecified atom stereocenters. The molecule has 45 heavy (non-hydrogen) atoms. The van der Waals surface area contributed by atoms with E-state index in [-0.39, 0.29) is 32.6 Å². The lowest BCUT2D eigenvalue weighted by molar-refractivity contribution is -0.161. The second kappa shape index (κ2) is 32.4. The second-order valence-corrected chi connectivity index (χ2v) is 13.2. The number of phosphoric acid groups is 1. The summed E-state index contributed by atoms with van der Waals surface area (Å²) >= 11 is 0. The molecular weight excluding hydrogens is 593 g/mol. The van der Waals surface area contributed by atoms with Crippen molar-refractivity contribution in [3.05, 3.63) is 24.3 Å². The zero-order valence-corrected chi connectivity index (χ0v) is 29.5. The van der Waals surface area contributed by atoms with Crippen molar-refractivity contribution in [3.63, 3.8) is 0 Å². The Labute approximate surface area is 274 Å². The van der Waals surface area contributed by atoms with Crippen LogP contribution in [0.15, 0.2) is 24.3 Å². The summed E-state index contributed by atoms with van der Waals surface area (Å²) in [6.45, 7) is 3.63. The van der Waals surface area contributed by atoms with Crippen LogP contribution in [0.3, 0.4) is 0 Å². The number of carbonyl (C=O) groups is 2. The summed E-state index contributed by atoms with van der Waals surface area (Å²) in [5, 5.41) is 0. The number of allylic oxidation sites excluding steroid dienone is 4. The highest BCUT2D eigenvalue weighted by molar-refractivity contribution is 7.47. The molecule has 0 aliphatic heterocycles. The van der Waals surface area contributed by atoms with Gasteiger partial charge in [0, 0.05) is 19.4 Å². The SMILES string of the molecule is CCCC/C=C/CCCCCCCC(=O)OC[C@H](COP(=O)(O)OCCN)OC(=O)CCCCCCC/C=C/CCCCCC. The minimum atomic E-state index is -4.37. The Morgan fingerprint density at radius 3 is 1.64 bits per heavy atom. The van der Waals surface area contributed by atoms with Gasteiger partial charge in [-0.2, -0.15) is 0 Å². The van der Waals surface area contributed by atoms with Crippen LogP contribution in [0.1, 0.15) is 155 Å². The zero-order chi connectivity index (χ0) is 33.3. The third-order valence-electron chi connectivity index (χ3n) is 7.31. The molecule has 0 bridgehead atoms. The molecule has 2 atom stereocenters. The van der Waals surface area contributed by atoms with Crippen molar-refractivity contribution >= 4 is 19.8 Å². The first-order chi connectivity index (χ1) is 21.8. The monoisotopic (exact) mass is 659 g/mol. The summed E-state index contributed by atoms with van der Waals surface area (Å²) in [4.78, 5) is 34.6. The van der Waals surface area contributed by atoms with Crippen LogP contribution in [0.25, 0.3) is 0 Å². The number of hydrogen-bond acceptors (Lipinski definition) is 8. The summed E-state index contributed by atoms with van der Waals surface area (Å²) in [5.74, 6) is -0.852. The molecule has 10 heteroatoms. The largest absolute Gasteiger partial charge is 0.472 e. The van der Waals surface area contributed by atoms with E-state index in [0.29, 0.717) is 6.42 Å². The number of hydrogen-bond donors (Lipinski definition) is 2. The van der Waals surface area contributed by atoms with Crippen molar-refractivity contribution < 1.29 is 37.6 Å². The van der Waals surface area contributed by atoms with E-state index in [4.69, 9.17) is 24.3 Å². The first-order valence-corrected chi connectivity index (χ1v) is 19.3. The van der Waals surface area contributed by atoms with Crippen LogP contribution in [0.2, 0.25) is 0 Å². The van der Waals surface area contributed by atoms with Gasteiger partial charge in [-0.3, -0.25) is 18.6 Å². The van der Waals surface area contributed by atoms with E-state index in [9.17, 15) is 19.0 Å². The van der Waals surface area contributed by atoms with Gasteiger partial charge in [-0.15, -0.1) is 0 Å². The number of carbonyl (C=O) groups excluding carboxylic acids is 2. The molecule has 3 N–H and O–H groups in total. The maximum atomic E-state index is 12.5. The number of ether oxygens (including phenoxy) is 2. The lowest BCUT2D eigenvalue weighted by Crippen LogP contribution is -2.29. The van der Waals surface area contributed by atoms with Gasteiger partial charge in [0.05, 0.1) is 13.2 Å². The van der Waals surface area contributed by atoms with Gasteiger partial charge in [0.25, 0.3) is 0 Å². The van der Waals surface area contributed by atoms with Gasteiger partial charge >= 0.3 is 19.8 Å². The topological polar surface area (TPSA) is 134 Å². The van der Waals surface area contributed by atoms with Crippen LogP contribution < -0.4 is 5.73 Å². The fourth-order valence-corrected chi connectivity index (χ4v) is 5.37. The quantitative estimate of drug-likeness (QED) is 0.0306. The zero-order valence-electron chi connectivity index (χ0n) is 28.6. The Morgan fingerprint density at radius 1 is 0.644 bits per heavy atom. The Hall–Kier alpha value is -1.51. The minimum Gasteiger partial charge on any atom is -0.462 e. The third-order valence-corrected chi connectivity index (χ3v) is 8.29. The van der Waals surface area contributed by atoms with Gasteiger partial charge < -0.3 is 20.1 Å². The highest BCUT2D eigenvalue weighted by Gasteiger charge is 2.25. The maximum absolute atomic E-state index is 12.5. The van der Waals surface area contributed by atoms with Gasteiger partial charge in [0.2, 0.25) is 0 Å². The van der Waals surface area contributed by atoms with Crippen LogP contribution >= 0.6 is 7.82 Å². The van der Waals surface area contributed by atoms with Crippen LogP contribution in [0, 0.1) is 0 Å². The lowest BCUT2D eigenvalue weighted by atomic mass is 10.1. The van der Waals surface area contributed by atoms with E-state index < -0.39 is 32.5 Å². The summed E-state index contributed by atoms with van der Waals surface area (Å²) in [6.07, 6.45) is 30.6. The molecule has 0 aromatic carbocycles. The first-order valence-electron chi connectivity index (χ1n) is 17.8. The predicted octanol–water partition coefficient (Wildman–Crippen LogP) is 9.27. The van der Waals surface area contributed by atoms with Crippen molar-refractivity contribution in [3.8, 4) is 0 Å². The molecule has 264 valence electrons. The van der Waals surface area contributed by atoms with E-state index >= 15 is 0 Å². The van der Waals surface area contributed by atoms with Crippen LogP contribution in [0.5, 0.6) is 0 Å². The number of phosphoric ester groups is 1. The standard InChI is InChI=1S/C35H66NO8P/c1-3-5-7-9-11-13-15-16-18-20-22-24-26-28-35(38)44-33(32-43-45(39,40)42-30-29-36)31-41-34(37)27-25-23-21-19-17-14-12-10-8-6-4-2/h10,12-13,15,33H,3-9,11,14,16-32,36H2,1-2H3,(H,39,40)/b12-10+,15-13+/t33-/m1/s1. The summed E-state index contributed by atoms with van der Waals surface area (Å²) in [7, 11) is -4.37. The molecule has 0 aromatic heterocycles. The Balaban J connectivity index is 4.29. The molecule has 0 aromatic rings. The van der Waals surface area contributed by atoms with Crippen molar-refractivity contribution in [2.45, 2.75) is 161 Å². The molecule has 0 rings (SSSR count). The maximum Gasteiger partial charge on any atom is 0.472 e. The van der Waals surface area contributed by atoms with Crippen molar-refractivity contribution in [1.82, 2.24) is 0 Å². The highest BCUT2D eigenvalue weighted by atomic mass is 31.2. The van der Waals surface area contributed by atoms with Crippen LogP contribution in [-0.4, -0.2) is 49.3 Å². The molecule has 9 nitrogen and oxygen atoms in total. The molecule has 0 aliphatic rings. The van der Waals surface area contributed by atoms with Gasteiger partial charge in [-0.25, -0.2) is 4.57 Å². The molecule has 0 heterocycles.